The van der Waals surface area contributed by atoms with Gasteiger partial charge in [-0.15, -0.1) is 0 Å². The van der Waals surface area contributed by atoms with E-state index >= 15 is 0 Å². The van der Waals surface area contributed by atoms with Crippen LogP contribution in [-0.4, -0.2) is 57.8 Å². The van der Waals surface area contributed by atoms with Crippen LogP contribution in [0.2, 0.25) is 0 Å². The number of rotatable bonds is 5. The molecule has 3 rings (SSSR count). The Morgan fingerprint density at radius 2 is 1.90 bits per heavy atom. The molecule has 1 fully saturated rings. The van der Waals surface area contributed by atoms with Gasteiger partial charge in [-0.2, -0.15) is 0 Å². The lowest BCUT2D eigenvalue weighted by molar-refractivity contribution is 0.0123. The summed E-state index contributed by atoms with van der Waals surface area (Å²) in [6.07, 6.45) is 4.27. The Balaban J connectivity index is 1.55. The molecule has 9 heteroatoms. The first kappa shape index (κ1) is 21.6. The molecule has 2 aromatic heterocycles. The van der Waals surface area contributed by atoms with E-state index in [1.54, 1.807) is 24.3 Å². The lowest BCUT2D eigenvalue weighted by atomic mass is 10.1. The lowest BCUT2D eigenvalue weighted by Crippen LogP contribution is -2.44. The number of methoxy groups -OCH3 is 1. The largest absolute Gasteiger partial charge is 0.481 e. The number of carbonyl (C=O) groups is 1. The summed E-state index contributed by atoms with van der Waals surface area (Å²) in [6.45, 7) is 8.70. The summed E-state index contributed by atoms with van der Waals surface area (Å²) >= 11 is 0. The summed E-state index contributed by atoms with van der Waals surface area (Å²) in [5, 5.41) is 3.20. The lowest BCUT2D eigenvalue weighted by Gasteiger charge is -2.33. The number of amides is 1. The Bertz CT molecular complexity index is 876. The molecule has 1 N–H and O–H groups in total. The molecular formula is C21H29N5O4. The standard InChI is InChI=1S/C21H29N5O4/c1-14-10-15(12-22-19(14)28-5)25-17-11-18(24-13-23-17)29-16-6-8-26(9-7-16)20(27)30-21(2,3)4/h10-13,16H,6-9H2,1-5H3,(H,23,24,25). The highest BCUT2D eigenvalue weighted by atomic mass is 16.6. The smallest absolute Gasteiger partial charge is 0.410 e. The van der Waals surface area contributed by atoms with Gasteiger partial charge in [0.2, 0.25) is 11.8 Å². The highest BCUT2D eigenvalue weighted by Crippen LogP contribution is 2.23. The van der Waals surface area contributed by atoms with Gasteiger partial charge in [-0.05, 0) is 33.8 Å². The van der Waals surface area contributed by atoms with Crippen LogP contribution in [0.1, 0.15) is 39.2 Å². The molecule has 1 amide bonds. The zero-order valence-electron chi connectivity index (χ0n) is 18.1. The number of aryl methyl sites for hydroxylation is 1. The number of hydrogen-bond donors (Lipinski definition) is 1. The Hall–Kier alpha value is -3.10. The van der Waals surface area contributed by atoms with Gasteiger partial charge in [0, 0.05) is 37.6 Å². The molecule has 0 atom stereocenters. The molecule has 1 aliphatic rings. The fourth-order valence-electron chi connectivity index (χ4n) is 3.12. The fraction of sp³-hybridized carbons (Fsp3) is 0.524. The van der Waals surface area contributed by atoms with Crippen LogP contribution in [0.3, 0.4) is 0 Å². The Kier molecular flexibility index (Phi) is 6.59. The molecule has 30 heavy (non-hydrogen) atoms. The normalized spacial score (nSPS) is 14.9. The molecule has 0 radical (unpaired) electrons. The number of hydrogen-bond acceptors (Lipinski definition) is 8. The Labute approximate surface area is 176 Å². The van der Waals surface area contributed by atoms with Gasteiger partial charge in [-0.3, -0.25) is 0 Å². The third-order valence-corrected chi connectivity index (χ3v) is 4.52. The van der Waals surface area contributed by atoms with Gasteiger partial charge in [-0.1, -0.05) is 0 Å². The number of carbonyl (C=O) groups excluding carboxylic acids is 1. The van der Waals surface area contributed by atoms with Crippen molar-refractivity contribution in [3.8, 4) is 11.8 Å². The maximum Gasteiger partial charge on any atom is 0.410 e. The summed E-state index contributed by atoms with van der Waals surface area (Å²) in [4.78, 5) is 26.6. The van der Waals surface area contributed by atoms with E-state index in [1.807, 2.05) is 33.8 Å². The molecule has 0 aliphatic carbocycles. The van der Waals surface area contributed by atoms with Gasteiger partial charge in [0.1, 0.15) is 23.9 Å². The quantitative estimate of drug-likeness (QED) is 0.789. The van der Waals surface area contributed by atoms with Crippen LogP contribution in [0.15, 0.2) is 24.7 Å². The van der Waals surface area contributed by atoms with E-state index in [1.165, 1.54) is 6.33 Å². The summed E-state index contributed by atoms with van der Waals surface area (Å²) in [5.41, 5.74) is 1.22. The minimum atomic E-state index is -0.493. The highest BCUT2D eigenvalue weighted by Gasteiger charge is 2.27. The molecular weight excluding hydrogens is 386 g/mol. The van der Waals surface area contributed by atoms with E-state index in [0.717, 1.165) is 11.3 Å². The van der Waals surface area contributed by atoms with Crippen molar-refractivity contribution in [2.75, 3.05) is 25.5 Å². The van der Waals surface area contributed by atoms with Gasteiger partial charge < -0.3 is 24.4 Å². The van der Waals surface area contributed by atoms with Crippen molar-refractivity contribution in [2.45, 2.75) is 52.2 Å². The van der Waals surface area contributed by atoms with Crippen molar-refractivity contribution in [1.29, 1.82) is 0 Å². The van der Waals surface area contributed by atoms with Crippen LogP contribution in [-0.2, 0) is 4.74 Å². The van der Waals surface area contributed by atoms with Gasteiger partial charge in [0.15, 0.2) is 0 Å². The molecule has 0 saturated carbocycles. The number of nitrogens with zero attached hydrogens (tertiary/aromatic N) is 4. The third-order valence-electron chi connectivity index (χ3n) is 4.52. The monoisotopic (exact) mass is 415 g/mol. The molecule has 0 unspecified atom stereocenters. The maximum absolute atomic E-state index is 12.2. The van der Waals surface area contributed by atoms with Crippen LogP contribution in [0.4, 0.5) is 16.3 Å². The Morgan fingerprint density at radius 1 is 1.17 bits per heavy atom. The zero-order valence-corrected chi connectivity index (χ0v) is 18.1. The van der Waals surface area contributed by atoms with E-state index < -0.39 is 5.60 Å². The van der Waals surface area contributed by atoms with Crippen LogP contribution < -0.4 is 14.8 Å². The summed E-state index contributed by atoms with van der Waals surface area (Å²) < 4.78 is 16.6. The number of aromatic nitrogens is 3. The van der Waals surface area contributed by atoms with Crippen LogP contribution in [0.5, 0.6) is 11.8 Å². The van der Waals surface area contributed by atoms with Crippen molar-refractivity contribution >= 4 is 17.6 Å². The number of pyridine rings is 1. The van der Waals surface area contributed by atoms with E-state index in [4.69, 9.17) is 14.2 Å². The van der Waals surface area contributed by atoms with Gasteiger partial charge >= 0.3 is 6.09 Å². The third kappa shape index (κ3) is 5.95. The van der Waals surface area contributed by atoms with Gasteiger partial charge in [0.25, 0.3) is 0 Å². The molecule has 0 spiro atoms. The summed E-state index contributed by atoms with van der Waals surface area (Å²) in [6, 6.07) is 3.68. The van der Waals surface area contributed by atoms with Crippen LogP contribution >= 0.6 is 0 Å². The molecule has 9 nitrogen and oxygen atoms in total. The molecule has 0 bridgehead atoms. The molecule has 162 valence electrons. The van der Waals surface area contributed by atoms with Gasteiger partial charge in [-0.25, -0.2) is 19.7 Å². The number of likely N-dealkylation sites (tertiary alicyclic amines) is 1. The minimum absolute atomic E-state index is 0.0173. The second-order valence-electron chi connectivity index (χ2n) is 8.20. The van der Waals surface area contributed by atoms with Crippen molar-refractivity contribution < 1.29 is 19.0 Å². The van der Waals surface area contributed by atoms with E-state index in [9.17, 15) is 4.79 Å². The predicted molar refractivity (Wildman–Crippen MR) is 112 cm³/mol. The molecule has 0 aromatic carbocycles. The van der Waals surface area contributed by atoms with Crippen molar-refractivity contribution in [3.05, 3.63) is 30.2 Å². The van der Waals surface area contributed by atoms with E-state index in [2.05, 4.69) is 20.3 Å². The van der Waals surface area contributed by atoms with Crippen molar-refractivity contribution in [1.82, 2.24) is 19.9 Å². The van der Waals surface area contributed by atoms with Crippen molar-refractivity contribution in [3.63, 3.8) is 0 Å². The highest BCUT2D eigenvalue weighted by molar-refractivity contribution is 5.68. The number of piperidine rings is 1. The SMILES string of the molecule is COc1ncc(Nc2cc(OC3CCN(C(=O)OC(C)(C)C)CC3)ncn2)cc1C. The van der Waals surface area contributed by atoms with E-state index in [0.29, 0.717) is 43.5 Å². The maximum atomic E-state index is 12.2. The fourth-order valence-corrected chi connectivity index (χ4v) is 3.12. The second-order valence-corrected chi connectivity index (χ2v) is 8.20. The average molecular weight is 415 g/mol. The molecule has 3 heterocycles. The number of ether oxygens (including phenoxy) is 3. The first-order valence-electron chi connectivity index (χ1n) is 9.98. The number of nitrogens with one attached hydrogen (secondary N) is 1. The second kappa shape index (κ2) is 9.15. The van der Waals surface area contributed by atoms with Gasteiger partial charge in [0.05, 0.1) is 19.0 Å². The first-order valence-corrected chi connectivity index (χ1v) is 9.98. The van der Waals surface area contributed by atoms with Crippen molar-refractivity contribution in [2.24, 2.45) is 0 Å². The Morgan fingerprint density at radius 3 is 2.53 bits per heavy atom. The topological polar surface area (TPSA) is 98.7 Å². The molecule has 1 saturated heterocycles. The summed E-state index contributed by atoms with van der Waals surface area (Å²) in [5.74, 6) is 1.68. The van der Waals surface area contributed by atoms with Crippen LogP contribution in [0, 0.1) is 6.92 Å². The summed E-state index contributed by atoms with van der Waals surface area (Å²) in [7, 11) is 1.59. The predicted octanol–water partition coefficient (Wildman–Crippen LogP) is 3.71. The average Bonchev–Trinajstić information content (AvgIpc) is 2.68. The minimum Gasteiger partial charge on any atom is -0.481 e. The van der Waals surface area contributed by atoms with E-state index in [-0.39, 0.29) is 12.2 Å². The number of anilines is 2. The molecule has 1 aliphatic heterocycles. The molecule has 2 aromatic rings. The zero-order chi connectivity index (χ0) is 21.7. The first-order chi connectivity index (χ1) is 14.2. The van der Waals surface area contributed by atoms with Crippen LogP contribution in [0.25, 0.3) is 0 Å².